The van der Waals surface area contributed by atoms with Crippen molar-refractivity contribution in [3.63, 3.8) is 0 Å². The Morgan fingerprint density at radius 3 is 2.54 bits per heavy atom. The Morgan fingerprint density at radius 1 is 1.46 bits per heavy atom. The molecule has 0 radical (unpaired) electrons. The first-order chi connectivity index (χ1) is 6.22. The molecule has 0 amide bonds. The van der Waals surface area contributed by atoms with Gasteiger partial charge in [-0.15, -0.1) is 0 Å². The highest BCUT2D eigenvalue weighted by Gasteiger charge is 2.19. The average Bonchev–Trinajstić information content (AvgIpc) is 2.08. The Kier molecular flexibility index (Phi) is 4.70. The van der Waals surface area contributed by atoms with E-state index in [9.17, 15) is 5.11 Å². The molecular formula is C10H21NO2. The molecule has 0 spiro atoms. The molecule has 1 heterocycles. The van der Waals surface area contributed by atoms with Crippen molar-refractivity contribution < 1.29 is 9.84 Å². The third-order valence-corrected chi connectivity index (χ3v) is 2.46. The molecule has 1 aliphatic heterocycles. The first-order valence-electron chi connectivity index (χ1n) is 5.24. The topological polar surface area (TPSA) is 32.7 Å². The number of hydrogen-bond donors (Lipinski definition) is 1. The van der Waals surface area contributed by atoms with Crippen LogP contribution in [0.15, 0.2) is 0 Å². The van der Waals surface area contributed by atoms with E-state index in [2.05, 4.69) is 4.90 Å². The Bertz CT molecular complexity index is 131. The first kappa shape index (κ1) is 11.0. The summed E-state index contributed by atoms with van der Waals surface area (Å²) in [4.78, 5) is 2.31. The zero-order chi connectivity index (χ0) is 9.68. The summed E-state index contributed by atoms with van der Waals surface area (Å²) < 4.78 is 5.55. The van der Waals surface area contributed by atoms with E-state index in [4.69, 9.17) is 4.74 Å². The summed E-state index contributed by atoms with van der Waals surface area (Å²) in [6.45, 7) is 7.64. The van der Waals surface area contributed by atoms with E-state index in [-0.39, 0.29) is 6.10 Å². The van der Waals surface area contributed by atoms with E-state index >= 15 is 0 Å². The lowest BCUT2D eigenvalue weighted by atomic mass is 10.1. The quantitative estimate of drug-likeness (QED) is 0.709. The highest BCUT2D eigenvalue weighted by atomic mass is 16.5. The summed E-state index contributed by atoms with van der Waals surface area (Å²) in [6.07, 6.45) is 2.47. The second-order valence-corrected chi connectivity index (χ2v) is 3.80. The van der Waals surface area contributed by atoms with Crippen molar-refractivity contribution in [1.82, 2.24) is 4.90 Å². The van der Waals surface area contributed by atoms with Crippen molar-refractivity contribution in [3.05, 3.63) is 0 Å². The second-order valence-electron chi connectivity index (χ2n) is 3.80. The fourth-order valence-electron chi connectivity index (χ4n) is 1.87. The van der Waals surface area contributed by atoms with Crippen LogP contribution in [0.1, 0.15) is 26.7 Å². The third kappa shape index (κ3) is 4.07. The predicted octanol–water partition coefficient (Wildman–Crippen LogP) is 0.868. The van der Waals surface area contributed by atoms with Gasteiger partial charge >= 0.3 is 0 Å². The molecule has 3 nitrogen and oxygen atoms in total. The van der Waals surface area contributed by atoms with Gasteiger partial charge in [0.1, 0.15) is 0 Å². The zero-order valence-corrected chi connectivity index (χ0v) is 8.70. The minimum atomic E-state index is -0.205. The largest absolute Gasteiger partial charge is 0.392 e. The maximum atomic E-state index is 9.20. The Morgan fingerprint density at radius 2 is 2.08 bits per heavy atom. The minimum Gasteiger partial charge on any atom is -0.392 e. The van der Waals surface area contributed by atoms with Crippen LogP contribution in [-0.2, 0) is 4.74 Å². The van der Waals surface area contributed by atoms with Crippen molar-refractivity contribution in [1.29, 1.82) is 0 Å². The van der Waals surface area contributed by atoms with Crippen LogP contribution in [0.25, 0.3) is 0 Å². The van der Waals surface area contributed by atoms with Crippen molar-refractivity contribution in [2.75, 3.05) is 26.2 Å². The van der Waals surface area contributed by atoms with Crippen molar-refractivity contribution in [3.8, 4) is 0 Å². The summed E-state index contributed by atoms with van der Waals surface area (Å²) >= 11 is 0. The highest BCUT2D eigenvalue weighted by Crippen LogP contribution is 2.13. The number of hydrogen-bond acceptors (Lipinski definition) is 3. The molecule has 78 valence electrons. The molecule has 1 aliphatic rings. The van der Waals surface area contributed by atoms with E-state index < -0.39 is 0 Å². The van der Waals surface area contributed by atoms with Gasteiger partial charge in [-0.3, -0.25) is 0 Å². The standard InChI is InChI=1S/C10H21NO2/c1-3-13-10-4-6-11(7-5-10)8-9(2)12/h9-10,12H,3-8H2,1-2H3/t9-/m1/s1. The van der Waals surface area contributed by atoms with Crippen molar-refractivity contribution in [2.45, 2.75) is 38.9 Å². The van der Waals surface area contributed by atoms with Crippen LogP contribution in [-0.4, -0.2) is 48.5 Å². The Hall–Kier alpha value is -0.120. The molecule has 1 rings (SSSR count). The van der Waals surface area contributed by atoms with Gasteiger partial charge in [-0.1, -0.05) is 0 Å². The van der Waals surface area contributed by atoms with E-state index in [0.717, 1.165) is 39.1 Å². The normalized spacial score (nSPS) is 23.3. The third-order valence-electron chi connectivity index (χ3n) is 2.46. The fraction of sp³-hybridized carbons (Fsp3) is 1.00. The zero-order valence-electron chi connectivity index (χ0n) is 8.70. The number of aliphatic hydroxyl groups is 1. The molecule has 0 saturated carbocycles. The summed E-state index contributed by atoms with van der Waals surface area (Å²) in [7, 11) is 0. The van der Waals surface area contributed by atoms with Crippen LogP contribution in [0.2, 0.25) is 0 Å². The number of aliphatic hydroxyl groups excluding tert-OH is 1. The smallest absolute Gasteiger partial charge is 0.0639 e. The molecule has 0 bridgehead atoms. The summed E-state index contributed by atoms with van der Waals surface area (Å²) in [5.41, 5.74) is 0. The molecule has 0 aromatic carbocycles. The summed E-state index contributed by atoms with van der Waals surface area (Å²) in [5, 5.41) is 9.20. The SMILES string of the molecule is CCOC1CCN(C[C@@H](C)O)CC1. The van der Waals surface area contributed by atoms with Gasteiger partial charge in [0.25, 0.3) is 0 Å². The number of likely N-dealkylation sites (tertiary alicyclic amines) is 1. The number of piperidine rings is 1. The molecule has 1 atom stereocenters. The van der Waals surface area contributed by atoms with E-state index in [0.29, 0.717) is 6.10 Å². The van der Waals surface area contributed by atoms with Gasteiger partial charge in [-0.25, -0.2) is 0 Å². The van der Waals surface area contributed by atoms with Gasteiger partial charge in [0.05, 0.1) is 12.2 Å². The van der Waals surface area contributed by atoms with E-state index in [1.807, 2.05) is 13.8 Å². The maximum absolute atomic E-state index is 9.20. The molecule has 1 fully saturated rings. The predicted molar refractivity (Wildman–Crippen MR) is 52.8 cm³/mol. The van der Waals surface area contributed by atoms with Crippen LogP contribution in [0.3, 0.4) is 0 Å². The highest BCUT2D eigenvalue weighted by molar-refractivity contribution is 4.73. The van der Waals surface area contributed by atoms with Gasteiger partial charge in [0.2, 0.25) is 0 Å². The van der Waals surface area contributed by atoms with Gasteiger partial charge in [-0.2, -0.15) is 0 Å². The number of nitrogens with zero attached hydrogens (tertiary/aromatic N) is 1. The molecule has 0 unspecified atom stereocenters. The lowest BCUT2D eigenvalue weighted by Crippen LogP contribution is -2.40. The van der Waals surface area contributed by atoms with Crippen LogP contribution < -0.4 is 0 Å². The van der Waals surface area contributed by atoms with Crippen LogP contribution in [0.4, 0.5) is 0 Å². The van der Waals surface area contributed by atoms with Gasteiger partial charge in [-0.05, 0) is 26.7 Å². The lowest BCUT2D eigenvalue weighted by Gasteiger charge is -2.32. The fourth-order valence-corrected chi connectivity index (χ4v) is 1.87. The number of ether oxygens (including phenoxy) is 1. The minimum absolute atomic E-state index is 0.205. The number of rotatable bonds is 4. The molecule has 13 heavy (non-hydrogen) atoms. The average molecular weight is 187 g/mol. The summed E-state index contributed by atoms with van der Waals surface area (Å²) in [5.74, 6) is 0. The van der Waals surface area contributed by atoms with Crippen molar-refractivity contribution >= 4 is 0 Å². The monoisotopic (exact) mass is 187 g/mol. The maximum Gasteiger partial charge on any atom is 0.0639 e. The first-order valence-corrected chi connectivity index (χ1v) is 5.24. The molecular weight excluding hydrogens is 166 g/mol. The lowest BCUT2D eigenvalue weighted by molar-refractivity contribution is 0.00519. The molecule has 0 aliphatic carbocycles. The van der Waals surface area contributed by atoms with Crippen LogP contribution in [0.5, 0.6) is 0 Å². The second kappa shape index (κ2) is 5.58. The molecule has 1 N–H and O–H groups in total. The van der Waals surface area contributed by atoms with Gasteiger partial charge in [0.15, 0.2) is 0 Å². The van der Waals surface area contributed by atoms with Crippen molar-refractivity contribution in [2.24, 2.45) is 0 Å². The Labute approximate surface area is 80.7 Å². The summed E-state index contributed by atoms with van der Waals surface area (Å²) in [6, 6.07) is 0. The molecule has 3 heteroatoms. The van der Waals surface area contributed by atoms with Gasteiger partial charge in [0, 0.05) is 26.2 Å². The van der Waals surface area contributed by atoms with Gasteiger partial charge < -0.3 is 14.7 Å². The van der Waals surface area contributed by atoms with E-state index in [1.54, 1.807) is 0 Å². The molecule has 0 aromatic rings. The van der Waals surface area contributed by atoms with Crippen LogP contribution in [0, 0.1) is 0 Å². The Balaban J connectivity index is 2.15. The number of β-amino-alcohol motifs (C(OH)–C–C–N with tert-alkyl or cyclic N) is 1. The van der Waals surface area contributed by atoms with E-state index in [1.165, 1.54) is 0 Å². The molecule has 1 saturated heterocycles. The van der Waals surface area contributed by atoms with Crippen LogP contribution >= 0.6 is 0 Å². The molecule has 0 aromatic heterocycles.